The van der Waals surface area contributed by atoms with Crippen molar-refractivity contribution in [1.82, 2.24) is 0 Å². The van der Waals surface area contributed by atoms with Crippen molar-refractivity contribution in [2.75, 3.05) is 26.2 Å². The van der Waals surface area contributed by atoms with Gasteiger partial charge in [0.15, 0.2) is 0 Å². The Bertz CT molecular complexity index is 379. The van der Waals surface area contributed by atoms with Crippen LogP contribution in [0.5, 0.6) is 0 Å². The molecule has 0 saturated heterocycles. The zero-order chi connectivity index (χ0) is 27.1. The van der Waals surface area contributed by atoms with E-state index in [9.17, 15) is 0 Å². The summed E-state index contributed by atoms with van der Waals surface area (Å²) < 4.78 is 1.47. The standard InChI is InChI=1S/C36H76N.ClH/c1-5-9-13-17-18-19-20-21-22-23-24-25-26-27-28-32-36-37(33-29-14-10-6-2,34-30-15-11-7-3)35-31-16-12-8-4;/h5-36H2,1-4H3;1H/q+1;/p-1. The van der Waals surface area contributed by atoms with Gasteiger partial charge in [-0.15, -0.1) is 0 Å². The highest BCUT2D eigenvalue weighted by atomic mass is 35.5. The van der Waals surface area contributed by atoms with E-state index in [1.165, 1.54) is 210 Å². The molecule has 0 aromatic rings. The van der Waals surface area contributed by atoms with Crippen LogP contribution in [0, 0.1) is 0 Å². The maximum absolute atomic E-state index is 2.36. The summed E-state index contributed by atoms with van der Waals surface area (Å²) in [5.41, 5.74) is 0. The van der Waals surface area contributed by atoms with Crippen molar-refractivity contribution in [3.8, 4) is 0 Å². The molecular weight excluding hydrogens is 482 g/mol. The second-order valence-corrected chi connectivity index (χ2v) is 12.7. The average molecular weight is 558 g/mol. The van der Waals surface area contributed by atoms with Gasteiger partial charge in [-0.2, -0.15) is 0 Å². The first-order chi connectivity index (χ1) is 18.2. The molecule has 0 aliphatic rings. The molecule has 0 aromatic heterocycles. The Balaban J connectivity index is 0. The molecule has 0 rings (SSSR count). The lowest BCUT2D eigenvalue weighted by molar-refractivity contribution is -0.929. The van der Waals surface area contributed by atoms with E-state index in [2.05, 4.69) is 27.7 Å². The predicted octanol–water partition coefficient (Wildman–Crippen LogP) is 9.81. The van der Waals surface area contributed by atoms with Gasteiger partial charge in [0.05, 0.1) is 26.2 Å². The van der Waals surface area contributed by atoms with Gasteiger partial charge in [-0.25, -0.2) is 0 Å². The average Bonchev–Trinajstić information content (AvgIpc) is 2.91. The monoisotopic (exact) mass is 558 g/mol. The predicted molar refractivity (Wildman–Crippen MR) is 172 cm³/mol. The van der Waals surface area contributed by atoms with Gasteiger partial charge in [0.1, 0.15) is 0 Å². The Morgan fingerprint density at radius 1 is 0.237 bits per heavy atom. The Kier molecular flexibility index (Phi) is 35.6. The number of unbranched alkanes of at least 4 members (excludes halogenated alkanes) is 24. The molecule has 0 fully saturated rings. The number of halogens is 1. The van der Waals surface area contributed by atoms with Crippen molar-refractivity contribution in [2.24, 2.45) is 0 Å². The summed E-state index contributed by atoms with van der Waals surface area (Å²) in [6.45, 7) is 15.3. The molecule has 0 unspecified atom stereocenters. The molecule has 2 heteroatoms. The second-order valence-electron chi connectivity index (χ2n) is 12.7. The fraction of sp³-hybridized carbons (Fsp3) is 1.00. The number of hydrogen-bond donors (Lipinski definition) is 0. The lowest BCUT2D eigenvalue weighted by atomic mass is 10.0. The van der Waals surface area contributed by atoms with E-state index in [0.29, 0.717) is 0 Å². The number of quaternary nitrogens is 1. The number of hydrogen-bond acceptors (Lipinski definition) is 0. The molecule has 0 N–H and O–H groups in total. The fourth-order valence-electron chi connectivity index (χ4n) is 6.29. The van der Waals surface area contributed by atoms with Crippen molar-refractivity contribution >= 4 is 0 Å². The lowest BCUT2D eigenvalue weighted by Gasteiger charge is -2.39. The third kappa shape index (κ3) is 27.8. The first kappa shape index (κ1) is 40.4. The van der Waals surface area contributed by atoms with Crippen LogP contribution in [0.2, 0.25) is 0 Å². The summed E-state index contributed by atoms with van der Waals surface area (Å²) in [5, 5.41) is 0. The summed E-state index contributed by atoms with van der Waals surface area (Å²) in [6, 6.07) is 0. The van der Waals surface area contributed by atoms with Crippen LogP contribution >= 0.6 is 0 Å². The summed E-state index contributed by atoms with van der Waals surface area (Å²) in [7, 11) is 0. The SMILES string of the molecule is CCCCCCCCCCCCCCCCCC[N+](CCCCCC)(CCCCCC)CCCCCC.[Cl-]. The van der Waals surface area contributed by atoms with Crippen LogP contribution < -0.4 is 12.4 Å². The number of nitrogens with zero attached hydrogens (tertiary/aromatic N) is 1. The van der Waals surface area contributed by atoms with Gasteiger partial charge >= 0.3 is 0 Å². The van der Waals surface area contributed by atoms with E-state index in [1.807, 2.05) is 0 Å². The molecule has 0 bridgehead atoms. The van der Waals surface area contributed by atoms with Crippen molar-refractivity contribution in [3.05, 3.63) is 0 Å². The molecule has 0 amide bonds. The lowest BCUT2D eigenvalue weighted by Crippen LogP contribution is -3.00. The summed E-state index contributed by atoms with van der Waals surface area (Å²) in [4.78, 5) is 0. The van der Waals surface area contributed by atoms with Crippen LogP contribution in [-0.2, 0) is 0 Å². The highest BCUT2D eigenvalue weighted by molar-refractivity contribution is 4.54. The van der Waals surface area contributed by atoms with E-state index in [1.54, 1.807) is 0 Å². The normalized spacial score (nSPS) is 11.7. The number of rotatable bonds is 32. The molecule has 232 valence electrons. The molecule has 1 nitrogen and oxygen atoms in total. The molecule has 0 saturated carbocycles. The summed E-state index contributed by atoms with van der Waals surface area (Å²) in [6.07, 6.45) is 40.8. The van der Waals surface area contributed by atoms with E-state index >= 15 is 0 Å². The van der Waals surface area contributed by atoms with Crippen LogP contribution in [0.4, 0.5) is 0 Å². The molecule has 0 aromatic carbocycles. The van der Waals surface area contributed by atoms with E-state index in [4.69, 9.17) is 0 Å². The third-order valence-corrected chi connectivity index (χ3v) is 8.94. The van der Waals surface area contributed by atoms with Gasteiger partial charge in [-0.05, 0) is 51.4 Å². The van der Waals surface area contributed by atoms with Gasteiger partial charge < -0.3 is 16.9 Å². The Hall–Kier alpha value is 0.250. The highest BCUT2D eigenvalue weighted by Gasteiger charge is 2.25. The first-order valence-electron chi connectivity index (χ1n) is 18.1. The maximum Gasteiger partial charge on any atom is 0.0786 e. The zero-order valence-electron chi connectivity index (χ0n) is 27.5. The van der Waals surface area contributed by atoms with E-state index in [-0.39, 0.29) is 12.4 Å². The molecule has 0 radical (unpaired) electrons. The minimum absolute atomic E-state index is 0. The molecular formula is C36H76ClN. The molecule has 38 heavy (non-hydrogen) atoms. The van der Waals surface area contributed by atoms with Crippen LogP contribution in [-0.4, -0.2) is 30.7 Å². The van der Waals surface area contributed by atoms with Crippen LogP contribution in [0.15, 0.2) is 0 Å². The van der Waals surface area contributed by atoms with Crippen LogP contribution in [0.3, 0.4) is 0 Å². The smallest absolute Gasteiger partial charge is 0.0786 e. The minimum atomic E-state index is 0. The van der Waals surface area contributed by atoms with Crippen molar-refractivity contribution in [3.63, 3.8) is 0 Å². The summed E-state index contributed by atoms with van der Waals surface area (Å²) in [5.74, 6) is 0. The largest absolute Gasteiger partial charge is 1.00 e. The Labute approximate surface area is 250 Å². The van der Waals surface area contributed by atoms with Gasteiger partial charge in [-0.1, -0.05) is 156 Å². The van der Waals surface area contributed by atoms with Crippen LogP contribution in [0.25, 0.3) is 0 Å². The molecule has 0 heterocycles. The Morgan fingerprint density at radius 3 is 0.605 bits per heavy atom. The minimum Gasteiger partial charge on any atom is -1.00 e. The topological polar surface area (TPSA) is 0 Å². The van der Waals surface area contributed by atoms with Gasteiger partial charge in [0, 0.05) is 0 Å². The molecule has 0 spiro atoms. The van der Waals surface area contributed by atoms with Crippen molar-refractivity contribution in [2.45, 2.75) is 207 Å². The fourth-order valence-corrected chi connectivity index (χ4v) is 6.29. The van der Waals surface area contributed by atoms with Crippen LogP contribution in [0.1, 0.15) is 207 Å². The first-order valence-corrected chi connectivity index (χ1v) is 18.1. The molecule has 0 aliphatic heterocycles. The maximum atomic E-state index is 2.36. The molecule has 0 aliphatic carbocycles. The van der Waals surface area contributed by atoms with Crippen molar-refractivity contribution in [1.29, 1.82) is 0 Å². The highest BCUT2D eigenvalue weighted by Crippen LogP contribution is 2.20. The third-order valence-electron chi connectivity index (χ3n) is 8.94. The van der Waals surface area contributed by atoms with Crippen molar-refractivity contribution < 1.29 is 16.9 Å². The zero-order valence-corrected chi connectivity index (χ0v) is 28.2. The second kappa shape index (κ2) is 33.5. The summed E-state index contributed by atoms with van der Waals surface area (Å²) >= 11 is 0. The van der Waals surface area contributed by atoms with Gasteiger partial charge in [0.2, 0.25) is 0 Å². The van der Waals surface area contributed by atoms with E-state index in [0.717, 1.165) is 0 Å². The quantitative estimate of drug-likeness (QED) is 0.0570. The Morgan fingerprint density at radius 2 is 0.395 bits per heavy atom. The molecule has 0 atom stereocenters. The van der Waals surface area contributed by atoms with Gasteiger partial charge in [-0.3, -0.25) is 0 Å². The van der Waals surface area contributed by atoms with E-state index < -0.39 is 0 Å². The van der Waals surface area contributed by atoms with Gasteiger partial charge in [0.25, 0.3) is 0 Å².